The maximum absolute atomic E-state index is 16.4. The molecule has 10 rings (SSSR count). The number of hydrogen-bond donors (Lipinski definition) is 0. The van der Waals surface area contributed by atoms with Gasteiger partial charge in [0.25, 0.3) is 0 Å². The first-order valence-corrected chi connectivity index (χ1v) is 29.8. The van der Waals surface area contributed by atoms with E-state index in [0.29, 0.717) is 31.8 Å². The Morgan fingerprint density at radius 2 is 0.864 bits per heavy atom. The Bertz CT molecular complexity index is 1760. The summed E-state index contributed by atoms with van der Waals surface area (Å²) in [4.78, 5) is 57.6. The second kappa shape index (κ2) is 21.0. The molecule has 15 atom stereocenters. The molecule has 0 bridgehead atoms. The standard InChI is InChI=1S/C54H85N2O9P/c1-34-12-9-14-36(28-34)62-38-16-11-17-39(30-38)63-37-15-10-13-35(29-37)56-53(59)46-26-23-41(32-48(46)54(56)60)65-49-27-24-42(64-40-22-25-45-47(31-40)52(58)55(2)51(45)57)33-50(49)66(61,43-18-5-3-6-19-43)44-20-7-4-8-21-44/h34-50H,3-33H2,1-2H3. The van der Waals surface area contributed by atoms with Crippen molar-refractivity contribution in [2.75, 3.05) is 7.05 Å². The summed E-state index contributed by atoms with van der Waals surface area (Å²) in [7, 11) is -1.15. The molecule has 4 amide bonds. The van der Waals surface area contributed by atoms with Crippen molar-refractivity contribution in [1.29, 1.82) is 0 Å². The van der Waals surface area contributed by atoms with Gasteiger partial charge in [0, 0.05) is 30.1 Å². The maximum Gasteiger partial charge on any atom is 0.233 e. The molecule has 8 aliphatic carbocycles. The van der Waals surface area contributed by atoms with Crippen molar-refractivity contribution in [3.05, 3.63) is 0 Å². The van der Waals surface area contributed by atoms with Gasteiger partial charge in [-0.1, -0.05) is 58.3 Å². The molecule has 0 aromatic heterocycles. The fraction of sp³-hybridized carbons (Fsp3) is 0.926. The van der Waals surface area contributed by atoms with Crippen molar-refractivity contribution in [2.45, 2.75) is 278 Å². The lowest BCUT2D eigenvalue weighted by Gasteiger charge is -2.49. The molecule has 2 saturated heterocycles. The van der Waals surface area contributed by atoms with Crippen molar-refractivity contribution >= 4 is 30.8 Å². The zero-order valence-corrected chi connectivity index (χ0v) is 41.6. The minimum Gasteiger partial charge on any atom is -0.375 e. The highest BCUT2D eigenvalue weighted by molar-refractivity contribution is 7.66. The number of hydrogen-bond acceptors (Lipinski definition) is 9. The largest absolute Gasteiger partial charge is 0.375 e. The third-order valence-electron chi connectivity index (χ3n) is 19.5. The third kappa shape index (κ3) is 9.98. The molecule has 15 unspecified atom stereocenters. The van der Waals surface area contributed by atoms with E-state index in [1.54, 1.807) is 11.9 Å². The number of ether oxygens (including phenoxy) is 4. The van der Waals surface area contributed by atoms with E-state index in [4.69, 9.17) is 18.9 Å². The van der Waals surface area contributed by atoms with Crippen LogP contribution < -0.4 is 0 Å². The molecule has 66 heavy (non-hydrogen) atoms. The Hall–Kier alpha value is -1.65. The summed E-state index contributed by atoms with van der Waals surface area (Å²) in [6, 6.07) is -0.104. The van der Waals surface area contributed by atoms with Crippen molar-refractivity contribution in [2.24, 2.45) is 29.6 Å². The molecule has 370 valence electrons. The highest BCUT2D eigenvalue weighted by Crippen LogP contribution is 2.69. The van der Waals surface area contributed by atoms with Gasteiger partial charge in [0.05, 0.1) is 79.6 Å². The van der Waals surface area contributed by atoms with E-state index >= 15 is 4.57 Å². The number of amides is 4. The topological polar surface area (TPSA) is 129 Å². The third-order valence-corrected chi connectivity index (χ3v) is 24.4. The van der Waals surface area contributed by atoms with E-state index in [9.17, 15) is 19.2 Å². The molecule has 0 N–H and O–H groups in total. The molecule has 8 saturated carbocycles. The molecule has 10 aliphatic rings. The van der Waals surface area contributed by atoms with E-state index in [1.165, 1.54) is 43.4 Å². The van der Waals surface area contributed by atoms with Crippen LogP contribution >= 0.6 is 7.14 Å². The molecular formula is C54H85N2O9P. The van der Waals surface area contributed by atoms with Crippen LogP contribution in [0.15, 0.2) is 0 Å². The van der Waals surface area contributed by atoms with Crippen LogP contribution in [0.4, 0.5) is 0 Å². The lowest BCUT2D eigenvalue weighted by Crippen LogP contribution is -2.47. The Balaban J connectivity index is 0.795. The summed E-state index contributed by atoms with van der Waals surface area (Å²) < 4.78 is 44.2. The number of carbonyl (C=O) groups is 4. The van der Waals surface area contributed by atoms with Crippen LogP contribution in [-0.4, -0.2) is 112 Å². The summed E-state index contributed by atoms with van der Waals surface area (Å²) in [6.45, 7) is 2.35. The monoisotopic (exact) mass is 937 g/mol. The highest BCUT2D eigenvalue weighted by Gasteiger charge is 2.56. The van der Waals surface area contributed by atoms with Crippen LogP contribution in [0.3, 0.4) is 0 Å². The smallest absolute Gasteiger partial charge is 0.233 e. The summed E-state index contributed by atoms with van der Waals surface area (Å²) in [5.41, 5.74) is 0.380. The van der Waals surface area contributed by atoms with E-state index in [2.05, 4.69) is 6.92 Å². The Morgan fingerprint density at radius 1 is 0.409 bits per heavy atom. The van der Waals surface area contributed by atoms with E-state index < -0.39 is 7.14 Å². The van der Waals surface area contributed by atoms with Crippen molar-refractivity contribution in [3.63, 3.8) is 0 Å². The predicted molar refractivity (Wildman–Crippen MR) is 253 cm³/mol. The van der Waals surface area contributed by atoms with Crippen LogP contribution in [-0.2, 0) is 42.7 Å². The van der Waals surface area contributed by atoms with Gasteiger partial charge >= 0.3 is 0 Å². The van der Waals surface area contributed by atoms with Gasteiger partial charge in [-0.3, -0.25) is 29.0 Å². The van der Waals surface area contributed by atoms with Crippen LogP contribution in [0.25, 0.3) is 0 Å². The molecule has 2 heterocycles. The van der Waals surface area contributed by atoms with Gasteiger partial charge in [0.15, 0.2) is 0 Å². The lowest BCUT2D eigenvalue weighted by atomic mass is 9.79. The van der Waals surface area contributed by atoms with Gasteiger partial charge in [0.2, 0.25) is 23.6 Å². The highest BCUT2D eigenvalue weighted by atomic mass is 31.2. The van der Waals surface area contributed by atoms with Gasteiger partial charge in [-0.2, -0.15) is 0 Å². The Kier molecular flexibility index (Phi) is 15.3. The van der Waals surface area contributed by atoms with Gasteiger partial charge in [-0.05, 0) is 154 Å². The SMILES string of the molecule is CC1CCCC(OC2CCCC(OC3CCCC(N4C(=O)C5CCC(OC6CCC(OC7CCC8C(=O)N(C)C(=O)C8C7)CC6P(=O)(C6CCCCC6)C6CCCCC6)CC5C4=O)C3)C2)C1. The molecule has 11 nitrogen and oxygen atoms in total. The number of likely N-dealkylation sites (tertiary alicyclic amines) is 2. The Morgan fingerprint density at radius 3 is 1.48 bits per heavy atom. The van der Waals surface area contributed by atoms with Crippen molar-refractivity contribution < 1.29 is 42.7 Å². The first-order valence-electron chi connectivity index (χ1n) is 27.9. The van der Waals surface area contributed by atoms with Crippen molar-refractivity contribution in [1.82, 2.24) is 9.80 Å². The molecule has 0 radical (unpaired) electrons. The average Bonchev–Trinajstić information content (AvgIpc) is 3.71. The summed E-state index contributed by atoms with van der Waals surface area (Å²) in [5, 5.41) is 0. The van der Waals surface area contributed by atoms with Crippen LogP contribution in [0, 0.1) is 29.6 Å². The number of carbonyl (C=O) groups excluding carboxylic acids is 4. The zero-order valence-electron chi connectivity index (χ0n) is 40.8. The first kappa shape index (κ1) is 48.0. The van der Waals surface area contributed by atoms with E-state index in [-0.39, 0.29) is 113 Å². The predicted octanol–water partition coefficient (Wildman–Crippen LogP) is 10.5. The second-order valence-electron chi connectivity index (χ2n) is 23.8. The van der Waals surface area contributed by atoms with Gasteiger partial charge in [-0.15, -0.1) is 0 Å². The lowest BCUT2D eigenvalue weighted by molar-refractivity contribution is -0.146. The average molecular weight is 937 g/mol. The fourth-order valence-corrected chi connectivity index (χ4v) is 21.4. The van der Waals surface area contributed by atoms with Gasteiger partial charge in [0.1, 0.15) is 0 Å². The second-order valence-corrected chi connectivity index (χ2v) is 27.4. The quantitative estimate of drug-likeness (QED) is 0.139. The maximum atomic E-state index is 16.4. The molecule has 12 heteroatoms. The minimum absolute atomic E-state index is 0.00360. The number of rotatable bonds is 12. The van der Waals surface area contributed by atoms with Crippen LogP contribution in [0.5, 0.6) is 0 Å². The van der Waals surface area contributed by atoms with Crippen molar-refractivity contribution in [3.8, 4) is 0 Å². The molecule has 10 fully saturated rings. The number of fused-ring (bicyclic) bond motifs is 2. The summed E-state index contributed by atoms with van der Waals surface area (Å²) >= 11 is 0. The summed E-state index contributed by atoms with van der Waals surface area (Å²) in [6.07, 6.45) is 30.7. The first-order chi connectivity index (χ1) is 32.0. The normalized spacial score (nSPS) is 42.4. The molecular weight excluding hydrogens is 852 g/mol. The number of imide groups is 2. The molecule has 0 aromatic carbocycles. The van der Waals surface area contributed by atoms with Gasteiger partial charge in [-0.25, -0.2) is 0 Å². The minimum atomic E-state index is -2.77. The number of nitrogens with zero attached hydrogens (tertiary/aromatic N) is 2. The zero-order chi connectivity index (χ0) is 45.5. The summed E-state index contributed by atoms with van der Waals surface area (Å²) in [5.74, 6) is -0.460. The molecule has 0 spiro atoms. The van der Waals surface area contributed by atoms with Gasteiger partial charge < -0.3 is 23.5 Å². The fourth-order valence-electron chi connectivity index (χ4n) is 16.1. The van der Waals surface area contributed by atoms with Crippen LogP contribution in [0.1, 0.15) is 206 Å². The van der Waals surface area contributed by atoms with Crippen LogP contribution in [0.2, 0.25) is 0 Å². The molecule has 2 aliphatic heterocycles. The van der Waals surface area contributed by atoms with E-state index in [0.717, 1.165) is 141 Å². The molecule has 0 aromatic rings. The van der Waals surface area contributed by atoms with E-state index in [1.807, 2.05) is 0 Å². The Labute approximate surface area is 396 Å².